The summed E-state index contributed by atoms with van der Waals surface area (Å²) in [5, 5.41) is 8.28. The van der Waals surface area contributed by atoms with Gasteiger partial charge in [-0.3, -0.25) is 19.4 Å². The van der Waals surface area contributed by atoms with Gasteiger partial charge in [0.05, 0.1) is 29.8 Å². The predicted molar refractivity (Wildman–Crippen MR) is 137 cm³/mol. The normalized spacial score (nSPS) is 24.1. The third-order valence-electron chi connectivity index (χ3n) is 7.61. The van der Waals surface area contributed by atoms with Crippen molar-refractivity contribution in [2.24, 2.45) is 16.9 Å². The molecular weight excluding hydrogens is 450 g/mol. The molecule has 3 aliphatic rings. The molecule has 174 valence electrons. The minimum Gasteiger partial charge on any atom is -0.292 e. The number of ketones is 1. The van der Waals surface area contributed by atoms with Gasteiger partial charge in [-0.25, -0.2) is 4.90 Å². The molecule has 0 saturated carbocycles. The fourth-order valence-corrected chi connectivity index (χ4v) is 6.01. The van der Waals surface area contributed by atoms with Crippen LogP contribution in [0, 0.1) is 11.8 Å². The first-order valence-electron chi connectivity index (χ1n) is 12.0. The maximum Gasteiger partial charge on any atom is 0.240 e. The standard InChI is InChI=1S/C30H21N3O3/c34-28(19-9-2-1-3-10-19)27-25-24(26-23-13-7-6-12-21(23)17-31-33(26)27)29(35)32(30(25)36)22-15-14-18-8-4-5-11-20(18)16-22/h1-17,24-27H/t24-,25-,26-,27+/m1/s1. The van der Waals surface area contributed by atoms with Crippen LogP contribution in [0.5, 0.6) is 0 Å². The predicted octanol–water partition coefficient (Wildman–Crippen LogP) is 4.60. The summed E-state index contributed by atoms with van der Waals surface area (Å²) in [6, 6.07) is 28.7. The number of hydrogen-bond donors (Lipinski definition) is 0. The second-order valence-electron chi connectivity index (χ2n) is 9.47. The summed E-state index contributed by atoms with van der Waals surface area (Å²) in [4.78, 5) is 43.1. The Bertz CT molecular complexity index is 1600. The van der Waals surface area contributed by atoms with Gasteiger partial charge in [0.2, 0.25) is 11.8 Å². The second kappa shape index (κ2) is 7.71. The number of carbonyl (C=O) groups excluding carboxylic acids is 3. The van der Waals surface area contributed by atoms with E-state index in [-0.39, 0.29) is 17.6 Å². The van der Waals surface area contributed by atoms with Gasteiger partial charge in [-0.1, -0.05) is 84.9 Å². The Morgan fingerprint density at radius 1 is 0.722 bits per heavy atom. The van der Waals surface area contributed by atoms with E-state index >= 15 is 0 Å². The summed E-state index contributed by atoms with van der Waals surface area (Å²) in [5.41, 5.74) is 2.84. The molecule has 0 spiro atoms. The Balaban J connectivity index is 1.38. The Hall–Kier alpha value is -4.58. The molecule has 0 bridgehead atoms. The Labute approximate surface area is 207 Å². The van der Waals surface area contributed by atoms with Crippen LogP contribution in [0.25, 0.3) is 10.8 Å². The lowest BCUT2D eigenvalue weighted by Gasteiger charge is -2.33. The number of anilines is 1. The molecule has 0 aromatic heterocycles. The van der Waals surface area contributed by atoms with E-state index in [1.54, 1.807) is 41.6 Å². The van der Waals surface area contributed by atoms with Crippen molar-refractivity contribution in [3.8, 4) is 0 Å². The van der Waals surface area contributed by atoms with Crippen LogP contribution in [0.4, 0.5) is 5.69 Å². The van der Waals surface area contributed by atoms with E-state index in [1.807, 2.05) is 66.7 Å². The number of nitrogens with zero attached hydrogens (tertiary/aromatic N) is 3. The third-order valence-corrected chi connectivity index (χ3v) is 7.61. The summed E-state index contributed by atoms with van der Waals surface area (Å²) in [6.45, 7) is 0. The molecule has 7 rings (SSSR count). The van der Waals surface area contributed by atoms with Crippen molar-refractivity contribution in [2.75, 3.05) is 4.90 Å². The molecule has 2 amide bonds. The Morgan fingerprint density at radius 3 is 2.25 bits per heavy atom. The van der Waals surface area contributed by atoms with Gasteiger partial charge in [0.15, 0.2) is 5.78 Å². The summed E-state index contributed by atoms with van der Waals surface area (Å²) >= 11 is 0. The Morgan fingerprint density at radius 2 is 1.42 bits per heavy atom. The topological polar surface area (TPSA) is 70.0 Å². The van der Waals surface area contributed by atoms with Gasteiger partial charge in [-0.15, -0.1) is 0 Å². The van der Waals surface area contributed by atoms with E-state index in [1.165, 1.54) is 4.90 Å². The summed E-state index contributed by atoms with van der Waals surface area (Å²) in [6.07, 6.45) is 1.72. The number of rotatable bonds is 3. The molecule has 36 heavy (non-hydrogen) atoms. The highest BCUT2D eigenvalue weighted by atomic mass is 16.2. The van der Waals surface area contributed by atoms with Crippen LogP contribution in [0.3, 0.4) is 0 Å². The average Bonchev–Trinajstić information content (AvgIpc) is 3.40. The van der Waals surface area contributed by atoms with Gasteiger partial charge in [-0.05, 0) is 34.0 Å². The van der Waals surface area contributed by atoms with E-state index in [4.69, 9.17) is 0 Å². The van der Waals surface area contributed by atoms with Crippen LogP contribution in [0.1, 0.15) is 27.5 Å². The third kappa shape index (κ3) is 2.84. The van der Waals surface area contributed by atoms with Gasteiger partial charge in [0.25, 0.3) is 0 Å². The van der Waals surface area contributed by atoms with Crippen molar-refractivity contribution in [3.63, 3.8) is 0 Å². The lowest BCUT2D eigenvalue weighted by atomic mass is 9.83. The smallest absolute Gasteiger partial charge is 0.240 e. The first-order valence-corrected chi connectivity index (χ1v) is 12.0. The quantitative estimate of drug-likeness (QED) is 0.323. The number of Topliss-reactive ketones (excluding diaryl/α,β-unsaturated/α-hetero) is 1. The number of hydrogen-bond acceptors (Lipinski definition) is 5. The lowest BCUT2D eigenvalue weighted by molar-refractivity contribution is -0.124. The van der Waals surface area contributed by atoms with E-state index in [0.29, 0.717) is 11.3 Å². The molecule has 2 fully saturated rings. The minimum atomic E-state index is -0.867. The molecule has 0 aliphatic carbocycles. The van der Waals surface area contributed by atoms with E-state index in [2.05, 4.69) is 5.10 Å². The van der Waals surface area contributed by atoms with Gasteiger partial charge in [-0.2, -0.15) is 5.10 Å². The van der Waals surface area contributed by atoms with Crippen molar-refractivity contribution in [3.05, 3.63) is 114 Å². The molecular formula is C30H21N3O3. The van der Waals surface area contributed by atoms with Crippen LogP contribution in [0.15, 0.2) is 102 Å². The van der Waals surface area contributed by atoms with Crippen LogP contribution >= 0.6 is 0 Å². The number of hydrazone groups is 1. The van der Waals surface area contributed by atoms with Crippen molar-refractivity contribution in [2.45, 2.75) is 12.1 Å². The van der Waals surface area contributed by atoms with Crippen LogP contribution < -0.4 is 4.90 Å². The van der Waals surface area contributed by atoms with E-state index in [0.717, 1.165) is 21.9 Å². The number of carbonyl (C=O) groups is 3. The first kappa shape index (κ1) is 20.8. The lowest BCUT2D eigenvalue weighted by Crippen LogP contribution is -2.44. The molecule has 4 aromatic carbocycles. The zero-order valence-corrected chi connectivity index (χ0v) is 19.2. The van der Waals surface area contributed by atoms with Gasteiger partial charge < -0.3 is 0 Å². The zero-order chi connectivity index (χ0) is 24.4. The largest absolute Gasteiger partial charge is 0.292 e. The molecule has 3 heterocycles. The fraction of sp³-hybridized carbons (Fsp3) is 0.133. The summed E-state index contributed by atoms with van der Waals surface area (Å²) in [5.74, 6) is -2.38. The number of fused-ring (bicyclic) bond motifs is 6. The van der Waals surface area contributed by atoms with E-state index in [9.17, 15) is 14.4 Å². The molecule has 6 heteroatoms. The zero-order valence-electron chi connectivity index (χ0n) is 19.2. The summed E-state index contributed by atoms with van der Waals surface area (Å²) in [7, 11) is 0. The van der Waals surface area contributed by atoms with Crippen LogP contribution in [0.2, 0.25) is 0 Å². The second-order valence-corrected chi connectivity index (χ2v) is 9.47. The van der Waals surface area contributed by atoms with E-state index < -0.39 is 23.9 Å². The van der Waals surface area contributed by atoms with Gasteiger partial charge in [0, 0.05) is 5.56 Å². The maximum atomic E-state index is 14.0. The summed E-state index contributed by atoms with van der Waals surface area (Å²) < 4.78 is 0. The molecule has 4 aromatic rings. The minimum absolute atomic E-state index is 0.203. The molecule has 2 saturated heterocycles. The monoisotopic (exact) mass is 471 g/mol. The number of imide groups is 1. The first-order chi connectivity index (χ1) is 17.6. The van der Waals surface area contributed by atoms with Gasteiger partial charge >= 0.3 is 0 Å². The highest BCUT2D eigenvalue weighted by molar-refractivity contribution is 6.25. The molecule has 0 unspecified atom stereocenters. The van der Waals surface area contributed by atoms with Crippen molar-refractivity contribution in [1.82, 2.24) is 5.01 Å². The van der Waals surface area contributed by atoms with Gasteiger partial charge in [0.1, 0.15) is 6.04 Å². The van der Waals surface area contributed by atoms with Crippen molar-refractivity contribution in [1.29, 1.82) is 0 Å². The number of amides is 2. The molecule has 0 N–H and O–H groups in total. The van der Waals surface area contributed by atoms with Crippen LogP contribution in [-0.4, -0.2) is 34.9 Å². The number of benzene rings is 4. The SMILES string of the molecule is O=C(c1ccccc1)[C@@H]1[C@@H]2C(=O)N(c3ccc4ccccc4c3)C(=O)[C@H]2[C@H]2c3ccccc3C=NN12. The molecule has 4 atom stereocenters. The highest BCUT2D eigenvalue weighted by Gasteiger charge is 2.65. The highest BCUT2D eigenvalue weighted by Crippen LogP contribution is 2.53. The van der Waals surface area contributed by atoms with Crippen LogP contribution in [-0.2, 0) is 9.59 Å². The van der Waals surface area contributed by atoms with Crippen molar-refractivity contribution < 1.29 is 14.4 Å². The maximum absolute atomic E-state index is 14.0. The van der Waals surface area contributed by atoms with Crippen molar-refractivity contribution >= 4 is 40.3 Å². The fourth-order valence-electron chi connectivity index (χ4n) is 6.01. The molecule has 0 radical (unpaired) electrons. The average molecular weight is 472 g/mol. The molecule has 3 aliphatic heterocycles. The molecule has 6 nitrogen and oxygen atoms in total. The Kier molecular flexibility index (Phi) is 4.45.